The maximum atomic E-state index is 4.14. The van der Waals surface area contributed by atoms with Crippen molar-refractivity contribution < 1.29 is 0 Å². The first kappa shape index (κ1) is 10.0. The minimum Gasteiger partial charge on any atom is -0.285 e. The van der Waals surface area contributed by atoms with Gasteiger partial charge in [0.05, 0.1) is 0 Å². The molecule has 0 radical (unpaired) electrons. The van der Waals surface area contributed by atoms with Gasteiger partial charge in [-0.1, -0.05) is 0 Å². The van der Waals surface area contributed by atoms with Gasteiger partial charge in [-0.3, -0.25) is 4.90 Å². The quantitative estimate of drug-likeness (QED) is 0.490. The molecule has 0 bridgehead atoms. The van der Waals surface area contributed by atoms with Crippen molar-refractivity contribution >= 4 is 37.0 Å². The molecular formula is C5H13NS3. The molecule has 0 aromatic carbocycles. The molecule has 0 atom stereocenters. The molecule has 0 aromatic heterocycles. The van der Waals surface area contributed by atoms with Crippen molar-refractivity contribution in [3.05, 3.63) is 0 Å². The smallest absolute Gasteiger partial charge is 0.0422 e. The van der Waals surface area contributed by atoms with Crippen LogP contribution in [-0.2, 0) is 0 Å². The van der Waals surface area contributed by atoms with Crippen LogP contribution >= 0.6 is 37.0 Å². The molecule has 0 N–H and O–H groups in total. The van der Waals surface area contributed by atoms with Gasteiger partial charge in [0.1, 0.15) is 0 Å². The molecule has 56 valence electrons. The van der Waals surface area contributed by atoms with Crippen LogP contribution in [-0.4, -0.2) is 35.2 Å². The number of hydrogen-bond acceptors (Lipinski definition) is 4. The highest BCUT2D eigenvalue weighted by molar-refractivity contribution is 7.98. The Morgan fingerprint density at radius 1 is 1.33 bits per heavy atom. The number of thiol groups is 2. The van der Waals surface area contributed by atoms with Gasteiger partial charge < -0.3 is 0 Å². The van der Waals surface area contributed by atoms with E-state index in [9.17, 15) is 0 Å². The van der Waals surface area contributed by atoms with Crippen molar-refractivity contribution in [2.45, 2.75) is 0 Å². The van der Waals surface area contributed by atoms with E-state index in [2.05, 4.69) is 36.4 Å². The summed E-state index contributed by atoms with van der Waals surface area (Å²) >= 11 is 10.1. The summed E-state index contributed by atoms with van der Waals surface area (Å²) in [7, 11) is 0. The summed E-state index contributed by atoms with van der Waals surface area (Å²) in [6.07, 6.45) is 2.11. The first-order valence-electron chi connectivity index (χ1n) is 2.78. The SMILES string of the molecule is CSCCN(CS)CS. The van der Waals surface area contributed by atoms with E-state index in [4.69, 9.17) is 0 Å². The predicted molar refractivity (Wildman–Crippen MR) is 52.8 cm³/mol. The summed E-state index contributed by atoms with van der Waals surface area (Å²) < 4.78 is 0. The lowest BCUT2D eigenvalue weighted by Crippen LogP contribution is -2.23. The van der Waals surface area contributed by atoms with Crippen LogP contribution in [0.25, 0.3) is 0 Å². The molecule has 0 aromatic rings. The van der Waals surface area contributed by atoms with Gasteiger partial charge in [0.2, 0.25) is 0 Å². The van der Waals surface area contributed by atoms with Gasteiger partial charge in [0.25, 0.3) is 0 Å². The summed E-state index contributed by atoms with van der Waals surface area (Å²) in [5, 5.41) is 0. The number of hydrogen-bond donors (Lipinski definition) is 2. The van der Waals surface area contributed by atoms with Gasteiger partial charge in [-0.05, 0) is 6.26 Å². The van der Waals surface area contributed by atoms with Crippen LogP contribution in [0.2, 0.25) is 0 Å². The predicted octanol–water partition coefficient (Wildman–Crippen LogP) is 1.43. The molecule has 0 heterocycles. The standard InChI is InChI=1S/C5H13NS3/c1-9-3-2-6(4-7)5-8/h7-8H,2-5H2,1H3. The summed E-state index contributed by atoms with van der Waals surface area (Å²) in [6, 6.07) is 0. The van der Waals surface area contributed by atoms with Crippen molar-refractivity contribution in [2.75, 3.05) is 30.3 Å². The molecule has 0 spiro atoms. The van der Waals surface area contributed by atoms with Gasteiger partial charge in [0.15, 0.2) is 0 Å². The van der Waals surface area contributed by atoms with Crippen LogP contribution in [0.1, 0.15) is 0 Å². The number of nitrogens with zero attached hydrogens (tertiary/aromatic N) is 1. The summed E-state index contributed by atoms with van der Waals surface area (Å²) in [5.41, 5.74) is 0. The van der Waals surface area contributed by atoms with E-state index in [1.807, 2.05) is 11.8 Å². The monoisotopic (exact) mass is 183 g/mol. The van der Waals surface area contributed by atoms with Crippen LogP contribution in [0.4, 0.5) is 0 Å². The molecule has 0 unspecified atom stereocenters. The molecule has 9 heavy (non-hydrogen) atoms. The van der Waals surface area contributed by atoms with Crippen molar-refractivity contribution in [1.82, 2.24) is 4.90 Å². The Labute approximate surface area is 72.4 Å². The van der Waals surface area contributed by atoms with Crippen LogP contribution < -0.4 is 0 Å². The molecule has 0 amide bonds. The third-order valence-electron chi connectivity index (χ3n) is 1.01. The maximum absolute atomic E-state index is 4.14. The summed E-state index contributed by atoms with van der Waals surface area (Å²) in [5.74, 6) is 2.79. The fourth-order valence-corrected chi connectivity index (χ4v) is 1.49. The van der Waals surface area contributed by atoms with Gasteiger partial charge in [-0.25, -0.2) is 0 Å². The van der Waals surface area contributed by atoms with Crippen LogP contribution in [0.15, 0.2) is 0 Å². The zero-order chi connectivity index (χ0) is 7.11. The average Bonchev–Trinajstić information content (AvgIpc) is 1.91. The topological polar surface area (TPSA) is 3.24 Å². The highest BCUT2D eigenvalue weighted by Crippen LogP contribution is 1.97. The largest absolute Gasteiger partial charge is 0.285 e. The van der Waals surface area contributed by atoms with E-state index in [0.29, 0.717) is 0 Å². The highest BCUT2D eigenvalue weighted by atomic mass is 32.2. The highest BCUT2D eigenvalue weighted by Gasteiger charge is 1.96. The molecule has 0 aliphatic rings. The summed E-state index contributed by atoms with van der Waals surface area (Å²) in [6.45, 7) is 1.09. The zero-order valence-corrected chi connectivity index (χ0v) is 8.18. The van der Waals surface area contributed by atoms with Gasteiger partial charge in [-0.15, -0.1) is 0 Å². The molecule has 0 fully saturated rings. The minimum atomic E-state index is 0.810. The lowest BCUT2D eigenvalue weighted by Gasteiger charge is -2.15. The van der Waals surface area contributed by atoms with Gasteiger partial charge in [0, 0.05) is 24.1 Å². The Kier molecular flexibility index (Phi) is 7.92. The zero-order valence-electron chi connectivity index (χ0n) is 5.58. The first-order chi connectivity index (χ1) is 4.35. The second-order valence-corrected chi connectivity index (χ2v) is 3.22. The van der Waals surface area contributed by atoms with Gasteiger partial charge >= 0.3 is 0 Å². The Bertz CT molecular complexity index is 56.2. The third kappa shape index (κ3) is 5.45. The Hall–Kier alpha value is 1.01. The Morgan fingerprint density at radius 3 is 2.22 bits per heavy atom. The minimum absolute atomic E-state index is 0.810. The van der Waals surface area contributed by atoms with Crippen molar-refractivity contribution in [3.8, 4) is 0 Å². The molecule has 0 saturated carbocycles. The van der Waals surface area contributed by atoms with Crippen molar-refractivity contribution in [3.63, 3.8) is 0 Å². The van der Waals surface area contributed by atoms with E-state index in [1.54, 1.807) is 0 Å². The fourth-order valence-electron chi connectivity index (χ4n) is 0.407. The third-order valence-corrected chi connectivity index (χ3v) is 2.40. The van der Waals surface area contributed by atoms with Crippen LogP contribution in [0, 0.1) is 0 Å². The van der Waals surface area contributed by atoms with E-state index in [1.165, 1.54) is 5.75 Å². The molecule has 0 saturated heterocycles. The Morgan fingerprint density at radius 2 is 1.89 bits per heavy atom. The molecule has 4 heteroatoms. The lowest BCUT2D eigenvalue weighted by atomic mass is 10.7. The van der Waals surface area contributed by atoms with Crippen LogP contribution in [0.5, 0.6) is 0 Å². The van der Waals surface area contributed by atoms with E-state index < -0.39 is 0 Å². The lowest BCUT2D eigenvalue weighted by molar-refractivity contribution is 0.406. The number of rotatable bonds is 5. The average molecular weight is 183 g/mol. The van der Waals surface area contributed by atoms with Gasteiger partial charge in [-0.2, -0.15) is 37.0 Å². The summed E-state index contributed by atoms with van der Waals surface area (Å²) in [4.78, 5) is 2.17. The maximum Gasteiger partial charge on any atom is 0.0422 e. The Balaban J connectivity index is 3.09. The van der Waals surface area contributed by atoms with E-state index in [-0.39, 0.29) is 0 Å². The van der Waals surface area contributed by atoms with Crippen molar-refractivity contribution in [1.29, 1.82) is 0 Å². The van der Waals surface area contributed by atoms with E-state index in [0.717, 1.165) is 18.3 Å². The fraction of sp³-hybridized carbons (Fsp3) is 1.00. The molecule has 0 aliphatic heterocycles. The van der Waals surface area contributed by atoms with E-state index >= 15 is 0 Å². The van der Waals surface area contributed by atoms with Crippen molar-refractivity contribution in [2.24, 2.45) is 0 Å². The normalized spacial score (nSPS) is 10.7. The molecular weight excluding hydrogens is 170 g/mol. The molecule has 0 aliphatic carbocycles. The second-order valence-electron chi connectivity index (χ2n) is 1.67. The number of thioether (sulfide) groups is 1. The first-order valence-corrected chi connectivity index (χ1v) is 5.44. The molecule has 1 nitrogen and oxygen atoms in total. The second kappa shape index (κ2) is 7.12. The molecule has 0 rings (SSSR count). The van der Waals surface area contributed by atoms with Crippen LogP contribution in [0.3, 0.4) is 0 Å².